The van der Waals surface area contributed by atoms with Gasteiger partial charge in [-0.1, -0.05) is 11.6 Å². The van der Waals surface area contributed by atoms with Crippen LogP contribution in [0, 0.1) is 0 Å². The van der Waals surface area contributed by atoms with Crippen molar-refractivity contribution in [3.05, 3.63) is 21.8 Å². The lowest BCUT2D eigenvalue weighted by Crippen LogP contribution is -2.17. The predicted molar refractivity (Wildman–Crippen MR) is 60.8 cm³/mol. The van der Waals surface area contributed by atoms with Crippen molar-refractivity contribution in [3.63, 3.8) is 0 Å². The number of nitrogens with zero attached hydrogens (tertiary/aromatic N) is 1. The van der Waals surface area contributed by atoms with Crippen molar-refractivity contribution in [2.45, 2.75) is 13.0 Å². The molecule has 0 spiro atoms. The van der Waals surface area contributed by atoms with Gasteiger partial charge in [-0.3, -0.25) is 0 Å². The molecule has 1 atom stereocenters. The molecule has 0 saturated carbocycles. The molecule has 0 aliphatic heterocycles. The first kappa shape index (κ1) is 11.1. The van der Waals surface area contributed by atoms with Crippen molar-refractivity contribution < 1.29 is 0 Å². The second-order valence-electron chi connectivity index (χ2n) is 2.68. The van der Waals surface area contributed by atoms with Gasteiger partial charge in [-0.15, -0.1) is 11.6 Å². The van der Waals surface area contributed by atoms with Gasteiger partial charge in [0.1, 0.15) is 5.82 Å². The van der Waals surface area contributed by atoms with Crippen LogP contribution in [-0.4, -0.2) is 16.9 Å². The molecule has 0 aliphatic carbocycles. The van der Waals surface area contributed by atoms with E-state index in [0.717, 1.165) is 10.3 Å². The normalized spacial score (nSPS) is 12.6. The number of halogens is 3. The van der Waals surface area contributed by atoms with Crippen LogP contribution in [0.2, 0.25) is 5.02 Å². The van der Waals surface area contributed by atoms with E-state index in [1.54, 1.807) is 12.3 Å². The van der Waals surface area contributed by atoms with Crippen molar-refractivity contribution in [1.82, 2.24) is 4.98 Å². The summed E-state index contributed by atoms with van der Waals surface area (Å²) in [6, 6.07) is 1.98. The van der Waals surface area contributed by atoms with Crippen LogP contribution < -0.4 is 5.32 Å². The summed E-state index contributed by atoms with van der Waals surface area (Å²) in [6.45, 7) is 1.98. The molecule has 13 heavy (non-hydrogen) atoms. The summed E-state index contributed by atoms with van der Waals surface area (Å²) in [6.07, 6.45) is 1.59. The lowest BCUT2D eigenvalue weighted by molar-refractivity contribution is 0.895. The van der Waals surface area contributed by atoms with Crippen LogP contribution in [0.25, 0.3) is 0 Å². The molecule has 0 aliphatic rings. The molecule has 0 fully saturated rings. The van der Waals surface area contributed by atoms with E-state index in [0.29, 0.717) is 10.9 Å². The van der Waals surface area contributed by atoms with Gasteiger partial charge in [0.2, 0.25) is 0 Å². The number of anilines is 1. The molecule has 0 radical (unpaired) electrons. The Kier molecular flexibility index (Phi) is 4.29. The third-order valence-corrected chi connectivity index (χ3v) is 2.70. The third kappa shape index (κ3) is 3.33. The Morgan fingerprint density at radius 2 is 2.38 bits per heavy atom. The van der Waals surface area contributed by atoms with Crippen molar-refractivity contribution in [1.29, 1.82) is 0 Å². The van der Waals surface area contributed by atoms with E-state index >= 15 is 0 Å². The minimum absolute atomic E-state index is 0.187. The maximum absolute atomic E-state index is 5.74. The van der Waals surface area contributed by atoms with Gasteiger partial charge < -0.3 is 5.32 Å². The second-order valence-corrected chi connectivity index (χ2v) is 4.28. The zero-order valence-corrected chi connectivity index (χ0v) is 10.1. The summed E-state index contributed by atoms with van der Waals surface area (Å²) in [4.78, 5) is 4.12. The van der Waals surface area contributed by atoms with Crippen LogP contribution in [0.5, 0.6) is 0 Å². The zero-order valence-electron chi connectivity index (χ0n) is 7.02. The molecule has 72 valence electrons. The molecule has 5 heteroatoms. The lowest BCUT2D eigenvalue weighted by atomic mass is 10.4. The topological polar surface area (TPSA) is 24.9 Å². The minimum atomic E-state index is 0.187. The molecule has 1 unspecified atom stereocenters. The Hall–Kier alpha value is 0.01000. The van der Waals surface area contributed by atoms with Gasteiger partial charge in [-0.2, -0.15) is 0 Å². The Morgan fingerprint density at radius 1 is 1.69 bits per heavy atom. The van der Waals surface area contributed by atoms with Gasteiger partial charge in [0.15, 0.2) is 0 Å². The van der Waals surface area contributed by atoms with Crippen LogP contribution in [0.4, 0.5) is 5.82 Å². The van der Waals surface area contributed by atoms with Crippen LogP contribution in [0.15, 0.2) is 16.7 Å². The smallest absolute Gasteiger partial charge is 0.140 e. The molecule has 2 nitrogen and oxygen atoms in total. The fourth-order valence-corrected chi connectivity index (χ4v) is 1.62. The lowest BCUT2D eigenvalue weighted by Gasteiger charge is -2.12. The summed E-state index contributed by atoms with van der Waals surface area (Å²) >= 11 is 14.7. The molecular formula is C8H9BrCl2N2. The van der Waals surface area contributed by atoms with Gasteiger partial charge in [-0.25, -0.2) is 4.98 Å². The number of alkyl halides is 1. The Morgan fingerprint density at radius 3 is 2.92 bits per heavy atom. The Bertz CT molecular complexity index is 293. The predicted octanol–water partition coefficient (Wildman–Crippen LogP) is 3.54. The molecule has 0 saturated heterocycles. The van der Waals surface area contributed by atoms with Gasteiger partial charge in [0, 0.05) is 18.1 Å². The summed E-state index contributed by atoms with van der Waals surface area (Å²) in [5.41, 5.74) is 0. The number of pyridine rings is 1. The highest BCUT2D eigenvalue weighted by Crippen LogP contribution is 2.23. The summed E-state index contributed by atoms with van der Waals surface area (Å²) in [7, 11) is 0. The van der Waals surface area contributed by atoms with Crippen molar-refractivity contribution in [2.24, 2.45) is 0 Å². The molecule has 1 rings (SSSR count). The molecule has 1 heterocycles. The van der Waals surface area contributed by atoms with Crippen LogP contribution >= 0.6 is 39.1 Å². The van der Waals surface area contributed by atoms with E-state index in [1.165, 1.54) is 0 Å². The molecule has 0 bridgehead atoms. The fourth-order valence-electron chi connectivity index (χ4n) is 0.793. The average molecular weight is 284 g/mol. The maximum atomic E-state index is 5.74. The Labute approximate surface area is 95.8 Å². The second kappa shape index (κ2) is 5.03. The third-order valence-electron chi connectivity index (χ3n) is 1.42. The number of rotatable bonds is 3. The van der Waals surface area contributed by atoms with E-state index in [1.807, 2.05) is 6.92 Å². The summed E-state index contributed by atoms with van der Waals surface area (Å²) in [5, 5.41) is 3.75. The first-order valence-electron chi connectivity index (χ1n) is 3.77. The number of nitrogens with one attached hydrogen (secondary N) is 1. The standard InChI is InChI=1S/C8H9BrCl2N2/c1-5(3-10)13-8-7(9)2-6(11)4-12-8/h2,4-5H,3H2,1H3,(H,12,13). The quantitative estimate of drug-likeness (QED) is 0.859. The Balaban J connectivity index is 2.77. The summed E-state index contributed by atoms with van der Waals surface area (Å²) < 4.78 is 0.844. The van der Waals surface area contributed by atoms with E-state index in [-0.39, 0.29) is 6.04 Å². The highest BCUT2D eigenvalue weighted by molar-refractivity contribution is 9.10. The van der Waals surface area contributed by atoms with E-state index in [4.69, 9.17) is 23.2 Å². The molecule has 1 aromatic rings. The van der Waals surface area contributed by atoms with Gasteiger partial charge in [0.25, 0.3) is 0 Å². The van der Waals surface area contributed by atoms with Crippen LogP contribution in [-0.2, 0) is 0 Å². The van der Waals surface area contributed by atoms with Gasteiger partial charge in [-0.05, 0) is 28.9 Å². The summed E-state index contributed by atoms with van der Waals surface area (Å²) in [5.74, 6) is 1.30. The van der Waals surface area contributed by atoms with Crippen LogP contribution in [0.1, 0.15) is 6.92 Å². The minimum Gasteiger partial charge on any atom is -0.365 e. The molecule has 1 aromatic heterocycles. The van der Waals surface area contributed by atoms with Crippen LogP contribution in [0.3, 0.4) is 0 Å². The monoisotopic (exact) mass is 282 g/mol. The maximum Gasteiger partial charge on any atom is 0.140 e. The van der Waals surface area contributed by atoms with E-state index < -0.39 is 0 Å². The largest absolute Gasteiger partial charge is 0.365 e. The number of hydrogen-bond acceptors (Lipinski definition) is 2. The SMILES string of the molecule is CC(CCl)Nc1ncc(Cl)cc1Br. The number of aromatic nitrogens is 1. The first-order valence-corrected chi connectivity index (χ1v) is 5.47. The number of hydrogen-bond donors (Lipinski definition) is 1. The fraction of sp³-hybridized carbons (Fsp3) is 0.375. The first-order chi connectivity index (χ1) is 6.13. The molecular weight excluding hydrogens is 275 g/mol. The van der Waals surface area contributed by atoms with Crippen molar-refractivity contribution in [2.75, 3.05) is 11.2 Å². The highest BCUT2D eigenvalue weighted by atomic mass is 79.9. The molecule has 1 N–H and O–H groups in total. The molecule has 0 amide bonds. The molecule has 0 aromatic carbocycles. The van der Waals surface area contributed by atoms with Gasteiger partial charge in [0.05, 0.1) is 9.50 Å². The van der Waals surface area contributed by atoms with E-state index in [2.05, 4.69) is 26.2 Å². The van der Waals surface area contributed by atoms with E-state index in [9.17, 15) is 0 Å². The van der Waals surface area contributed by atoms with Crippen molar-refractivity contribution in [3.8, 4) is 0 Å². The van der Waals surface area contributed by atoms with Gasteiger partial charge >= 0.3 is 0 Å². The average Bonchev–Trinajstić information content (AvgIpc) is 2.09. The van der Waals surface area contributed by atoms with Crippen molar-refractivity contribution >= 4 is 44.9 Å². The zero-order chi connectivity index (χ0) is 9.84. The highest BCUT2D eigenvalue weighted by Gasteiger charge is 2.05.